The maximum Gasteiger partial charge on any atom is 0.223 e. The number of carbonyl (C=O) groups is 1. The molecular weight excluding hydrogens is 268 g/mol. The Kier molecular flexibility index (Phi) is 4.55. The van der Waals surface area contributed by atoms with Crippen LogP contribution in [0.3, 0.4) is 0 Å². The summed E-state index contributed by atoms with van der Waals surface area (Å²) in [6, 6.07) is 0.216. The zero-order valence-electron chi connectivity index (χ0n) is 12.9. The summed E-state index contributed by atoms with van der Waals surface area (Å²) in [5.41, 5.74) is 8.60. The van der Waals surface area contributed by atoms with Crippen molar-refractivity contribution in [1.29, 1.82) is 0 Å². The second-order valence-electron chi connectivity index (χ2n) is 6.70. The molecule has 1 heterocycles. The van der Waals surface area contributed by atoms with Crippen molar-refractivity contribution in [2.45, 2.75) is 53.1 Å². The molecule has 3 nitrogen and oxygen atoms in total. The Morgan fingerprint density at radius 1 is 1.45 bits per heavy atom. The number of hydrogen-bond acceptors (Lipinski definition) is 3. The predicted octanol–water partition coefficient (Wildman–Crippen LogP) is 3.07. The van der Waals surface area contributed by atoms with Crippen LogP contribution in [-0.2, 0) is 11.3 Å². The van der Waals surface area contributed by atoms with E-state index in [1.807, 2.05) is 0 Å². The topological polar surface area (TPSA) is 55.1 Å². The monoisotopic (exact) mass is 294 g/mol. The van der Waals surface area contributed by atoms with Crippen LogP contribution in [0.5, 0.6) is 0 Å². The second kappa shape index (κ2) is 5.86. The van der Waals surface area contributed by atoms with Crippen molar-refractivity contribution in [1.82, 2.24) is 5.32 Å². The highest BCUT2D eigenvalue weighted by atomic mass is 32.1. The summed E-state index contributed by atoms with van der Waals surface area (Å²) in [7, 11) is 0. The van der Waals surface area contributed by atoms with Gasteiger partial charge in [-0.15, -0.1) is 0 Å². The van der Waals surface area contributed by atoms with E-state index in [9.17, 15) is 4.79 Å². The molecule has 1 amide bonds. The molecule has 3 atom stereocenters. The molecule has 0 aliphatic heterocycles. The molecule has 0 spiro atoms. The van der Waals surface area contributed by atoms with Gasteiger partial charge in [0.05, 0.1) is 0 Å². The number of amides is 1. The summed E-state index contributed by atoms with van der Waals surface area (Å²) >= 11 is 1.69. The summed E-state index contributed by atoms with van der Waals surface area (Å²) < 4.78 is 0. The number of nitrogens with two attached hydrogens (primary N) is 1. The molecule has 2 rings (SSSR count). The number of rotatable bonds is 3. The Morgan fingerprint density at radius 3 is 2.75 bits per heavy atom. The van der Waals surface area contributed by atoms with Crippen LogP contribution in [0.4, 0.5) is 0 Å². The third-order valence-corrected chi connectivity index (χ3v) is 6.14. The van der Waals surface area contributed by atoms with Crippen LogP contribution in [0, 0.1) is 24.2 Å². The van der Waals surface area contributed by atoms with Gasteiger partial charge in [-0.1, -0.05) is 20.8 Å². The molecule has 112 valence electrons. The van der Waals surface area contributed by atoms with Crippen LogP contribution in [0.15, 0.2) is 10.8 Å². The van der Waals surface area contributed by atoms with Crippen LogP contribution in [0.2, 0.25) is 0 Å². The maximum atomic E-state index is 12.5. The van der Waals surface area contributed by atoms with Gasteiger partial charge in [-0.05, 0) is 53.0 Å². The van der Waals surface area contributed by atoms with E-state index in [1.165, 1.54) is 11.1 Å². The smallest absolute Gasteiger partial charge is 0.223 e. The minimum Gasteiger partial charge on any atom is -0.352 e. The van der Waals surface area contributed by atoms with Crippen molar-refractivity contribution in [3.05, 3.63) is 21.9 Å². The summed E-state index contributed by atoms with van der Waals surface area (Å²) in [5.74, 6) is 0.616. The highest BCUT2D eigenvalue weighted by Crippen LogP contribution is 2.44. The fraction of sp³-hybridized carbons (Fsp3) is 0.688. The Balaban J connectivity index is 2.00. The van der Waals surface area contributed by atoms with Gasteiger partial charge in [-0.3, -0.25) is 4.79 Å². The molecule has 0 radical (unpaired) electrons. The zero-order valence-corrected chi connectivity index (χ0v) is 13.7. The molecule has 0 bridgehead atoms. The lowest BCUT2D eigenvalue weighted by molar-refractivity contribution is -0.132. The molecule has 0 saturated heterocycles. The average molecular weight is 294 g/mol. The normalized spacial score (nSPS) is 29.1. The Labute approximate surface area is 125 Å². The first-order valence-corrected chi connectivity index (χ1v) is 8.33. The van der Waals surface area contributed by atoms with Gasteiger partial charge >= 0.3 is 0 Å². The first-order valence-electron chi connectivity index (χ1n) is 7.39. The fourth-order valence-electron chi connectivity index (χ4n) is 3.19. The predicted molar refractivity (Wildman–Crippen MR) is 84.5 cm³/mol. The molecule has 1 fully saturated rings. The number of nitrogens with one attached hydrogen (secondary N) is 1. The van der Waals surface area contributed by atoms with E-state index in [2.05, 4.69) is 43.8 Å². The lowest BCUT2D eigenvalue weighted by Gasteiger charge is -2.46. The molecule has 1 aliphatic carbocycles. The van der Waals surface area contributed by atoms with Gasteiger partial charge in [0.2, 0.25) is 5.91 Å². The summed E-state index contributed by atoms with van der Waals surface area (Å²) in [5, 5.41) is 7.34. The second-order valence-corrected chi connectivity index (χ2v) is 7.45. The van der Waals surface area contributed by atoms with Crippen LogP contribution in [0.25, 0.3) is 0 Å². The summed E-state index contributed by atoms with van der Waals surface area (Å²) in [4.78, 5) is 12.5. The van der Waals surface area contributed by atoms with Crippen molar-refractivity contribution >= 4 is 17.2 Å². The molecule has 1 aliphatic rings. The van der Waals surface area contributed by atoms with Crippen molar-refractivity contribution in [2.75, 3.05) is 0 Å². The van der Waals surface area contributed by atoms with Gasteiger partial charge in [-0.25, -0.2) is 0 Å². The third kappa shape index (κ3) is 2.91. The van der Waals surface area contributed by atoms with E-state index in [1.54, 1.807) is 11.3 Å². The lowest BCUT2D eigenvalue weighted by atomic mass is 9.61. The van der Waals surface area contributed by atoms with Crippen molar-refractivity contribution in [3.63, 3.8) is 0 Å². The first-order chi connectivity index (χ1) is 9.34. The van der Waals surface area contributed by atoms with Gasteiger partial charge in [0.15, 0.2) is 0 Å². The Hall–Kier alpha value is -0.870. The molecule has 3 N–H and O–H groups in total. The fourth-order valence-corrected chi connectivity index (χ4v) is 4.05. The van der Waals surface area contributed by atoms with Crippen LogP contribution < -0.4 is 11.1 Å². The Morgan fingerprint density at radius 2 is 2.15 bits per heavy atom. The van der Waals surface area contributed by atoms with Crippen molar-refractivity contribution in [2.24, 2.45) is 23.0 Å². The first kappa shape index (κ1) is 15.5. The molecule has 3 unspecified atom stereocenters. The van der Waals surface area contributed by atoms with Gasteiger partial charge in [0.25, 0.3) is 0 Å². The van der Waals surface area contributed by atoms with E-state index in [0.29, 0.717) is 12.5 Å². The summed E-state index contributed by atoms with van der Waals surface area (Å²) in [6.07, 6.45) is 1.84. The van der Waals surface area contributed by atoms with Gasteiger partial charge in [0.1, 0.15) is 0 Å². The zero-order chi connectivity index (χ0) is 14.9. The number of thiophene rings is 1. The van der Waals surface area contributed by atoms with Gasteiger partial charge in [-0.2, -0.15) is 11.3 Å². The molecule has 1 aromatic heterocycles. The number of aryl methyl sites for hydroxylation is 1. The summed E-state index contributed by atoms with van der Waals surface area (Å²) in [6.45, 7) is 9.26. The van der Waals surface area contributed by atoms with Crippen LogP contribution in [-0.4, -0.2) is 11.9 Å². The molecule has 20 heavy (non-hydrogen) atoms. The molecule has 0 aromatic carbocycles. The lowest BCUT2D eigenvalue weighted by Crippen LogP contribution is -2.51. The van der Waals surface area contributed by atoms with E-state index < -0.39 is 0 Å². The number of carbonyl (C=O) groups excluding carboxylic acids is 1. The third-order valence-electron chi connectivity index (χ3n) is 5.23. The van der Waals surface area contributed by atoms with Crippen molar-refractivity contribution < 1.29 is 4.79 Å². The highest BCUT2D eigenvalue weighted by molar-refractivity contribution is 7.08. The minimum absolute atomic E-state index is 0.0363. The standard InChI is InChI=1S/C16H26N2OS/c1-10-8-20-9-12(10)7-18-15(19)13-5-6-14(17)11(2)16(13,3)4/h8-9,11,13-14H,5-7,17H2,1-4H3,(H,18,19). The van der Waals surface area contributed by atoms with E-state index in [0.717, 1.165) is 12.8 Å². The quantitative estimate of drug-likeness (QED) is 0.900. The average Bonchev–Trinajstić information content (AvgIpc) is 2.79. The van der Waals surface area contributed by atoms with E-state index in [4.69, 9.17) is 5.73 Å². The van der Waals surface area contributed by atoms with Gasteiger partial charge in [0, 0.05) is 18.5 Å². The molecule has 1 saturated carbocycles. The molecule has 1 aromatic rings. The van der Waals surface area contributed by atoms with Crippen molar-refractivity contribution in [3.8, 4) is 0 Å². The van der Waals surface area contributed by atoms with Crippen LogP contribution in [0.1, 0.15) is 44.7 Å². The minimum atomic E-state index is -0.0363. The Bertz CT molecular complexity index is 481. The highest BCUT2D eigenvalue weighted by Gasteiger charge is 2.44. The van der Waals surface area contributed by atoms with Crippen LogP contribution >= 0.6 is 11.3 Å². The largest absolute Gasteiger partial charge is 0.352 e. The maximum absolute atomic E-state index is 12.5. The number of hydrogen-bond donors (Lipinski definition) is 2. The SMILES string of the molecule is Cc1cscc1CNC(=O)C1CCC(N)C(C)C1(C)C. The van der Waals surface area contributed by atoms with E-state index in [-0.39, 0.29) is 23.3 Å². The molecular formula is C16H26N2OS. The van der Waals surface area contributed by atoms with Gasteiger partial charge < -0.3 is 11.1 Å². The molecule has 4 heteroatoms. The van der Waals surface area contributed by atoms with E-state index >= 15 is 0 Å².